The number of ether oxygens (including phenoxy) is 1. The summed E-state index contributed by atoms with van der Waals surface area (Å²) in [6.07, 6.45) is -4.49. The summed E-state index contributed by atoms with van der Waals surface area (Å²) >= 11 is 0. The first kappa shape index (κ1) is 23.1. The molecule has 0 spiro atoms. The van der Waals surface area contributed by atoms with E-state index in [0.717, 1.165) is 12.1 Å². The highest BCUT2D eigenvalue weighted by Crippen LogP contribution is 2.29. The van der Waals surface area contributed by atoms with E-state index < -0.39 is 27.7 Å². The number of carbonyl (C=O) groups is 1. The molecule has 2 N–H and O–H groups in total. The molecule has 0 bridgehead atoms. The molecule has 1 amide bonds. The van der Waals surface area contributed by atoms with Crippen molar-refractivity contribution in [2.45, 2.75) is 17.6 Å². The van der Waals surface area contributed by atoms with Crippen LogP contribution in [0.3, 0.4) is 0 Å². The van der Waals surface area contributed by atoms with Crippen molar-refractivity contribution in [1.29, 1.82) is 0 Å². The molecule has 0 aliphatic rings. The number of methoxy groups -OCH3 is 1. The number of amides is 1. The van der Waals surface area contributed by atoms with Gasteiger partial charge in [-0.2, -0.15) is 13.2 Å². The first-order chi connectivity index (χ1) is 15.1. The molecular weight excluding hydrogens is 445 g/mol. The van der Waals surface area contributed by atoms with Crippen molar-refractivity contribution in [3.8, 4) is 5.75 Å². The molecule has 3 aromatic carbocycles. The van der Waals surface area contributed by atoms with E-state index in [0.29, 0.717) is 11.4 Å². The predicted molar refractivity (Wildman–Crippen MR) is 113 cm³/mol. The molecule has 0 saturated heterocycles. The fraction of sp³-hybridized carbons (Fsp3) is 0.136. The van der Waals surface area contributed by atoms with Gasteiger partial charge in [0.25, 0.3) is 15.9 Å². The lowest BCUT2D eigenvalue weighted by Gasteiger charge is -2.11. The zero-order chi connectivity index (χ0) is 23.4. The Morgan fingerprint density at radius 1 is 0.969 bits per heavy atom. The van der Waals surface area contributed by atoms with E-state index in [9.17, 15) is 26.4 Å². The summed E-state index contributed by atoms with van der Waals surface area (Å²) in [6, 6.07) is 16.2. The fourth-order valence-electron chi connectivity index (χ4n) is 2.82. The molecule has 6 nitrogen and oxygen atoms in total. The van der Waals surface area contributed by atoms with Crippen molar-refractivity contribution in [2.75, 3.05) is 11.8 Å². The van der Waals surface area contributed by atoms with Gasteiger partial charge >= 0.3 is 6.18 Å². The molecule has 0 aliphatic heterocycles. The van der Waals surface area contributed by atoms with Crippen molar-refractivity contribution in [3.63, 3.8) is 0 Å². The first-order valence-corrected chi connectivity index (χ1v) is 10.8. The molecule has 0 saturated carbocycles. The van der Waals surface area contributed by atoms with Gasteiger partial charge in [-0.05, 0) is 60.2 Å². The van der Waals surface area contributed by atoms with Crippen LogP contribution in [-0.2, 0) is 22.7 Å². The lowest BCUT2D eigenvalue weighted by Crippen LogP contribution is -2.23. The average molecular weight is 464 g/mol. The van der Waals surface area contributed by atoms with Gasteiger partial charge in [0.1, 0.15) is 5.75 Å². The van der Waals surface area contributed by atoms with Crippen molar-refractivity contribution < 1.29 is 31.1 Å². The van der Waals surface area contributed by atoms with Gasteiger partial charge in [-0.1, -0.05) is 18.2 Å². The summed E-state index contributed by atoms with van der Waals surface area (Å²) in [5.74, 6) is -0.0590. The SMILES string of the molecule is COc1ccc(NS(=O)(=O)c2cccc(C(=O)NCc3cccc(C(F)(F)F)c3)c2)cc1. The quantitative estimate of drug-likeness (QED) is 0.541. The largest absolute Gasteiger partial charge is 0.497 e. The summed E-state index contributed by atoms with van der Waals surface area (Å²) in [6.45, 7) is -0.149. The van der Waals surface area contributed by atoms with Crippen LogP contribution < -0.4 is 14.8 Å². The number of alkyl halides is 3. The zero-order valence-electron chi connectivity index (χ0n) is 16.8. The van der Waals surface area contributed by atoms with E-state index in [2.05, 4.69) is 10.0 Å². The molecule has 32 heavy (non-hydrogen) atoms. The minimum Gasteiger partial charge on any atom is -0.497 e. The van der Waals surface area contributed by atoms with Gasteiger partial charge in [-0.15, -0.1) is 0 Å². The Kier molecular flexibility index (Phi) is 6.73. The van der Waals surface area contributed by atoms with Gasteiger partial charge in [0, 0.05) is 17.8 Å². The van der Waals surface area contributed by atoms with Gasteiger partial charge < -0.3 is 10.1 Å². The highest BCUT2D eigenvalue weighted by Gasteiger charge is 2.30. The van der Waals surface area contributed by atoms with Crippen molar-refractivity contribution in [2.24, 2.45) is 0 Å². The van der Waals surface area contributed by atoms with Crippen LogP contribution in [0.1, 0.15) is 21.5 Å². The van der Waals surface area contributed by atoms with E-state index >= 15 is 0 Å². The van der Waals surface area contributed by atoms with E-state index in [1.54, 1.807) is 12.1 Å². The number of carbonyl (C=O) groups excluding carboxylic acids is 1. The third-order valence-corrected chi connectivity index (χ3v) is 5.84. The minimum atomic E-state index is -4.49. The lowest BCUT2D eigenvalue weighted by molar-refractivity contribution is -0.137. The number of hydrogen-bond acceptors (Lipinski definition) is 4. The van der Waals surface area contributed by atoms with E-state index in [1.807, 2.05) is 0 Å². The molecule has 3 rings (SSSR count). The maximum absolute atomic E-state index is 12.8. The Morgan fingerprint density at radius 3 is 2.31 bits per heavy atom. The Bertz CT molecular complexity index is 1210. The van der Waals surface area contributed by atoms with Gasteiger partial charge in [-0.25, -0.2) is 8.42 Å². The maximum Gasteiger partial charge on any atom is 0.416 e. The monoisotopic (exact) mass is 464 g/mol. The summed E-state index contributed by atoms with van der Waals surface area (Å²) in [5, 5.41) is 2.50. The van der Waals surface area contributed by atoms with Crippen molar-refractivity contribution in [1.82, 2.24) is 5.32 Å². The van der Waals surface area contributed by atoms with E-state index in [1.165, 1.54) is 55.6 Å². The number of benzene rings is 3. The van der Waals surface area contributed by atoms with Gasteiger partial charge in [0.05, 0.1) is 17.6 Å². The number of rotatable bonds is 7. The van der Waals surface area contributed by atoms with Crippen LogP contribution >= 0.6 is 0 Å². The average Bonchev–Trinajstić information content (AvgIpc) is 2.77. The van der Waals surface area contributed by atoms with Crippen LogP contribution in [0.5, 0.6) is 5.75 Å². The highest BCUT2D eigenvalue weighted by atomic mass is 32.2. The first-order valence-electron chi connectivity index (χ1n) is 9.30. The van der Waals surface area contributed by atoms with E-state index in [4.69, 9.17) is 4.74 Å². The van der Waals surface area contributed by atoms with Gasteiger partial charge in [-0.3, -0.25) is 9.52 Å². The molecule has 3 aromatic rings. The van der Waals surface area contributed by atoms with Crippen LogP contribution in [0.15, 0.2) is 77.7 Å². The van der Waals surface area contributed by atoms with Gasteiger partial charge in [0.15, 0.2) is 0 Å². The Morgan fingerprint density at radius 2 is 1.66 bits per heavy atom. The molecular formula is C22H19F3N2O4S. The third-order valence-electron chi connectivity index (χ3n) is 4.46. The number of halogens is 3. The summed E-state index contributed by atoms with van der Waals surface area (Å²) in [7, 11) is -2.48. The second-order valence-electron chi connectivity index (χ2n) is 6.74. The second-order valence-corrected chi connectivity index (χ2v) is 8.43. The third kappa shape index (κ3) is 5.79. The number of anilines is 1. The predicted octanol–water partition coefficient (Wildman–Crippen LogP) is 4.44. The fourth-order valence-corrected chi connectivity index (χ4v) is 3.92. The number of hydrogen-bond donors (Lipinski definition) is 2. The molecule has 0 heterocycles. The van der Waals surface area contributed by atoms with Crippen LogP contribution in [-0.4, -0.2) is 21.4 Å². The van der Waals surface area contributed by atoms with Gasteiger partial charge in [0.2, 0.25) is 0 Å². The standard InChI is InChI=1S/C22H19F3N2O4S/c1-31-19-10-8-18(9-11-19)27-32(29,30)20-7-3-5-16(13-20)21(28)26-14-15-4-2-6-17(12-15)22(23,24)25/h2-13,27H,14H2,1H3,(H,26,28). The molecule has 10 heteroatoms. The molecule has 168 valence electrons. The molecule has 0 radical (unpaired) electrons. The molecule has 0 aliphatic carbocycles. The molecule has 0 fully saturated rings. The normalized spacial score (nSPS) is 11.6. The molecule has 0 unspecified atom stereocenters. The number of nitrogens with one attached hydrogen (secondary N) is 2. The topological polar surface area (TPSA) is 84.5 Å². The summed E-state index contributed by atoms with van der Waals surface area (Å²) in [4.78, 5) is 12.3. The Balaban J connectivity index is 1.71. The smallest absolute Gasteiger partial charge is 0.416 e. The maximum atomic E-state index is 12.8. The van der Waals surface area contributed by atoms with Crippen molar-refractivity contribution in [3.05, 3.63) is 89.5 Å². The van der Waals surface area contributed by atoms with Crippen LogP contribution in [0, 0.1) is 0 Å². The Labute approximate surface area is 183 Å². The summed E-state index contributed by atoms with van der Waals surface area (Å²) in [5.41, 5.74) is -0.195. The highest BCUT2D eigenvalue weighted by molar-refractivity contribution is 7.92. The van der Waals surface area contributed by atoms with E-state index in [-0.39, 0.29) is 22.6 Å². The van der Waals surface area contributed by atoms with Crippen LogP contribution in [0.25, 0.3) is 0 Å². The summed E-state index contributed by atoms with van der Waals surface area (Å²) < 4.78 is 71.2. The van der Waals surface area contributed by atoms with Crippen LogP contribution in [0.2, 0.25) is 0 Å². The molecule has 0 aromatic heterocycles. The molecule has 0 atom stereocenters. The van der Waals surface area contributed by atoms with Crippen molar-refractivity contribution >= 4 is 21.6 Å². The van der Waals surface area contributed by atoms with Crippen LogP contribution in [0.4, 0.5) is 18.9 Å². The Hall–Kier alpha value is -3.53. The second kappa shape index (κ2) is 9.31. The zero-order valence-corrected chi connectivity index (χ0v) is 17.6. The number of sulfonamides is 1. The minimum absolute atomic E-state index is 0.0505. The lowest BCUT2D eigenvalue weighted by atomic mass is 10.1.